The van der Waals surface area contributed by atoms with Gasteiger partial charge in [0.1, 0.15) is 18.3 Å². The van der Waals surface area contributed by atoms with Crippen LogP contribution in [0, 0.1) is 0 Å². The smallest absolute Gasteiger partial charge is 0.364 e. The zero-order chi connectivity index (χ0) is 16.4. The molecule has 7 N–H and O–H groups in total. The van der Waals surface area contributed by atoms with Gasteiger partial charge in [-0.15, -0.1) is 0 Å². The molecule has 1 rings (SSSR count). The maximum atomic E-state index is 11.1. The second kappa shape index (κ2) is 6.64. The molecule has 1 aliphatic heterocycles. The molecule has 0 aromatic heterocycles. The third kappa shape index (κ3) is 3.87. The van der Waals surface area contributed by atoms with Crippen molar-refractivity contribution in [3.05, 3.63) is 0 Å². The van der Waals surface area contributed by atoms with Gasteiger partial charge in [-0.3, -0.25) is 4.79 Å². The first-order valence-electron chi connectivity index (χ1n) is 6.18. The molecule has 21 heavy (non-hydrogen) atoms. The summed E-state index contributed by atoms with van der Waals surface area (Å²) in [5, 5.41) is 59.0. The molecule has 0 saturated carbocycles. The van der Waals surface area contributed by atoms with E-state index in [1.54, 1.807) is 0 Å². The normalized spacial score (nSPS) is 35.8. The topological polar surface area (TPSA) is 177 Å². The van der Waals surface area contributed by atoms with E-state index in [4.69, 9.17) is 14.9 Å². The van der Waals surface area contributed by atoms with E-state index >= 15 is 0 Å². The molecule has 0 bridgehead atoms. The highest BCUT2D eigenvalue weighted by Crippen LogP contribution is 2.30. The second-order valence-corrected chi connectivity index (χ2v) is 4.91. The number of carboxylic acid groups (broad SMARTS) is 1. The summed E-state index contributed by atoms with van der Waals surface area (Å²) in [4.78, 5) is 22.1. The van der Waals surface area contributed by atoms with E-state index in [1.807, 2.05) is 0 Å². The maximum Gasteiger partial charge on any atom is 0.364 e. The molecular formula is C11H19NO9. The number of carbonyl (C=O) groups excluding carboxylic acids is 1. The van der Waals surface area contributed by atoms with Crippen LogP contribution in [0.4, 0.5) is 0 Å². The summed E-state index contributed by atoms with van der Waals surface area (Å²) in [7, 11) is 0. The number of rotatable bonds is 5. The Morgan fingerprint density at radius 2 is 2.10 bits per heavy atom. The summed E-state index contributed by atoms with van der Waals surface area (Å²) in [6.07, 6.45) is -7.48. The number of aliphatic hydroxyl groups excluding tert-OH is 4. The van der Waals surface area contributed by atoms with Gasteiger partial charge in [-0.1, -0.05) is 0 Å². The lowest BCUT2D eigenvalue weighted by Gasteiger charge is -2.44. The molecule has 1 fully saturated rings. The first-order valence-corrected chi connectivity index (χ1v) is 6.18. The largest absolute Gasteiger partial charge is 0.477 e. The van der Waals surface area contributed by atoms with Crippen LogP contribution in [0.5, 0.6) is 0 Å². The molecule has 0 radical (unpaired) electrons. The number of aliphatic hydroxyl groups is 5. The van der Waals surface area contributed by atoms with Crippen molar-refractivity contribution in [2.24, 2.45) is 0 Å². The van der Waals surface area contributed by atoms with Crippen LogP contribution in [-0.2, 0) is 14.3 Å². The predicted octanol–water partition coefficient (Wildman–Crippen LogP) is -3.87. The third-order valence-electron chi connectivity index (χ3n) is 3.21. The summed E-state index contributed by atoms with van der Waals surface area (Å²) >= 11 is 0. The molecule has 0 aliphatic carbocycles. The summed E-state index contributed by atoms with van der Waals surface area (Å²) in [5.74, 6) is -5.17. The van der Waals surface area contributed by atoms with Crippen molar-refractivity contribution >= 4 is 11.9 Å². The SMILES string of the molecule is CC(=O)N[C@H]1[C@H]([C@H](O)[C@H](O)CO)O[C@](O)([14C](=O)O)C[C@@H]1O. The monoisotopic (exact) mass is 311 g/mol. The summed E-state index contributed by atoms with van der Waals surface area (Å²) in [6.45, 7) is 0.256. The molecule has 122 valence electrons. The number of amides is 1. The quantitative estimate of drug-likeness (QED) is 0.267. The number of carboxylic acids is 1. The molecule has 10 nitrogen and oxygen atoms in total. The van der Waals surface area contributed by atoms with E-state index in [1.165, 1.54) is 0 Å². The predicted molar refractivity (Wildman–Crippen MR) is 64.8 cm³/mol. The Bertz CT molecular complexity index is 403. The molecule has 1 amide bonds. The van der Waals surface area contributed by atoms with Crippen LogP contribution >= 0.6 is 0 Å². The number of hydrogen-bond acceptors (Lipinski definition) is 8. The highest BCUT2D eigenvalue weighted by molar-refractivity contribution is 5.76. The molecule has 0 spiro atoms. The molecule has 0 aromatic carbocycles. The first-order chi connectivity index (χ1) is 9.62. The van der Waals surface area contributed by atoms with E-state index in [2.05, 4.69) is 5.32 Å². The van der Waals surface area contributed by atoms with E-state index in [-0.39, 0.29) is 0 Å². The van der Waals surface area contributed by atoms with Crippen molar-refractivity contribution in [1.29, 1.82) is 0 Å². The fraction of sp³-hybridized carbons (Fsp3) is 0.818. The van der Waals surface area contributed by atoms with Crippen LogP contribution in [0.1, 0.15) is 13.3 Å². The standard InChI is InChI=1S/C11H19NO9/c1-4(14)12-7-5(15)2-11(20,10(18)19)21-9(7)8(17)6(16)3-13/h5-9,13,15-17,20H,2-3H2,1H3,(H,12,14)(H,18,19)/t5-,6+,7+,8+,9+,11-/m0/s1/i10+2. The van der Waals surface area contributed by atoms with Crippen LogP contribution in [0.25, 0.3) is 0 Å². The molecule has 10 heteroatoms. The summed E-state index contributed by atoms with van der Waals surface area (Å²) in [5.41, 5.74) is 0. The zero-order valence-corrected chi connectivity index (χ0v) is 11.2. The van der Waals surface area contributed by atoms with Crippen LogP contribution in [0.15, 0.2) is 0 Å². The van der Waals surface area contributed by atoms with Gasteiger partial charge in [0.2, 0.25) is 5.91 Å². The Hall–Kier alpha value is -1.30. The first kappa shape index (κ1) is 17.8. The number of carbonyl (C=O) groups is 2. The molecule has 0 unspecified atom stereocenters. The van der Waals surface area contributed by atoms with Crippen molar-refractivity contribution in [2.45, 2.75) is 49.6 Å². The van der Waals surface area contributed by atoms with Gasteiger partial charge >= 0.3 is 5.97 Å². The fourth-order valence-electron chi connectivity index (χ4n) is 2.14. The minimum atomic E-state index is -2.78. The van der Waals surface area contributed by atoms with E-state index in [9.17, 15) is 30.0 Å². The molecular weight excluding hydrogens is 292 g/mol. The van der Waals surface area contributed by atoms with Gasteiger partial charge in [0.25, 0.3) is 5.79 Å². The lowest BCUT2D eigenvalue weighted by atomic mass is 9.91. The van der Waals surface area contributed by atoms with Gasteiger partial charge in [0, 0.05) is 13.3 Å². The Morgan fingerprint density at radius 3 is 2.52 bits per heavy atom. The van der Waals surface area contributed by atoms with Gasteiger partial charge in [-0.2, -0.15) is 0 Å². The number of ether oxygens (including phenoxy) is 1. The van der Waals surface area contributed by atoms with Gasteiger partial charge < -0.3 is 40.7 Å². The van der Waals surface area contributed by atoms with Gasteiger partial charge in [-0.25, -0.2) is 4.79 Å². The Morgan fingerprint density at radius 1 is 1.52 bits per heavy atom. The average molecular weight is 311 g/mol. The minimum Gasteiger partial charge on any atom is -0.477 e. The molecule has 1 aliphatic rings. The van der Waals surface area contributed by atoms with Crippen molar-refractivity contribution < 1.29 is 45.0 Å². The molecule has 1 heterocycles. The van der Waals surface area contributed by atoms with Crippen molar-refractivity contribution in [3.8, 4) is 0 Å². The van der Waals surface area contributed by atoms with Crippen LogP contribution in [-0.4, -0.2) is 85.4 Å². The molecule has 0 aromatic rings. The van der Waals surface area contributed by atoms with E-state index in [0.717, 1.165) is 6.92 Å². The van der Waals surface area contributed by atoms with Gasteiger partial charge in [-0.05, 0) is 0 Å². The average Bonchev–Trinajstić information content (AvgIpc) is 2.39. The summed E-state index contributed by atoms with van der Waals surface area (Å²) < 4.78 is 4.86. The molecule has 6 atom stereocenters. The molecule has 1 saturated heterocycles. The Balaban J connectivity index is 3.07. The Kier molecular flexibility index (Phi) is 5.61. The van der Waals surface area contributed by atoms with Gasteiger partial charge in [0.15, 0.2) is 0 Å². The maximum absolute atomic E-state index is 11.1. The zero-order valence-electron chi connectivity index (χ0n) is 11.2. The second-order valence-electron chi connectivity index (χ2n) is 4.91. The van der Waals surface area contributed by atoms with Crippen molar-refractivity contribution in [3.63, 3.8) is 0 Å². The van der Waals surface area contributed by atoms with Crippen molar-refractivity contribution in [2.75, 3.05) is 6.61 Å². The van der Waals surface area contributed by atoms with Crippen LogP contribution in [0.3, 0.4) is 0 Å². The number of hydrogen-bond donors (Lipinski definition) is 7. The van der Waals surface area contributed by atoms with Crippen LogP contribution < -0.4 is 5.32 Å². The van der Waals surface area contributed by atoms with E-state index < -0.39 is 61.1 Å². The highest BCUT2D eigenvalue weighted by atomic mass is 16.8. The van der Waals surface area contributed by atoms with Crippen LogP contribution in [0.2, 0.25) is 0 Å². The van der Waals surface area contributed by atoms with Gasteiger partial charge in [0.05, 0.1) is 18.8 Å². The fourth-order valence-corrected chi connectivity index (χ4v) is 2.14. The minimum absolute atomic E-state index is 0.598. The lowest BCUT2D eigenvalue weighted by molar-refractivity contribution is -0.295. The van der Waals surface area contributed by atoms with E-state index in [0.29, 0.717) is 0 Å². The van der Waals surface area contributed by atoms with Crippen molar-refractivity contribution in [1.82, 2.24) is 5.32 Å². The third-order valence-corrected chi connectivity index (χ3v) is 3.21. The number of aliphatic carboxylic acids is 1. The number of nitrogens with one attached hydrogen (secondary N) is 1. The summed E-state index contributed by atoms with van der Waals surface area (Å²) in [6, 6.07) is -1.27. The lowest BCUT2D eigenvalue weighted by Crippen LogP contribution is -2.67. The highest BCUT2D eigenvalue weighted by Gasteiger charge is 2.53. The Labute approximate surface area is 119 Å².